The summed E-state index contributed by atoms with van der Waals surface area (Å²) >= 11 is 3.50. The van der Waals surface area contributed by atoms with Gasteiger partial charge in [0.15, 0.2) is 0 Å². The molecule has 3 heteroatoms. The number of nitrogens with zero attached hydrogens (tertiary/aromatic N) is 2. The van der Waals surface area contributed by atoms with Crippen LogP contribution in [0, 0.1) is 6.92 Å². The highest BCUT2D eigenvalue weighted by Crippen LogP contribution is 2.26. The van der Waals surface area contributed by atoms with Crippen LogP contribution in [0.4, 0.5) is 5.82 Å². The van der Waals surface area contributed by atoms with Crippen molar-refractivity contribution in [2.45, 2.75) is 45.6 Å². The van der Waals surface area contributed by atoms with E-state index in [0.717, 1.165) is 22.5 Å². The minimum absolute atomic E-state index is 0.682. The van der Waals surface area contributed by atoms with E-state index >= 15 is 0 Å². The zero-order valence-corrected chi connectivity index (χ0v) is 11.6. The fourth-order valence-corrected chi connectivity index (χ4v) is 2.64. The van der Waals surface area contributed by atoms with Gasteiger partial charge < -0.3 is 4.90 Å². The van der Waals surface area contributed by atoms with E-state index in [1.807, 2.05) is 0 Å². The molecule has 88 valence electrons. The number of rotatable bonds is 2. The Labute approximate surface area is 106 Å². The van der Waals surface area contributed by atoms with Gasteiger partial charge in [0.2, 0.25) is 0 Å². The first-order valence-corrected chi connectivity index (χ1v) is 6.91. The highest BCUT2D eigenvalue weighted by atomic mass is 79.9. The fourth-order valence-electron chi connectivity index (χ4n) is 2.42. The summed E-state index contributed by atoms with van der Waals surface area (Å²) in [7, 11) is 0. The maximum atomic E-state index is 4.67. The zero-order valence-electron chi connectivity index (χ0n) is 10.0. The van der Waals surface area contributed by atoms with Crippen molar-refractivity contribution in [3.05, 3.63) is 22.3 Å². The predicted octanol–water partition coefficient (Wildman–Crippen LogP) is 3.92. The normalized spacial score (nSPS) is 21.2. The first kappa shape index (κ1) is 11.9. The van der Waals surface area contributed by atoms with Crippen LogP contribution in [0.5, 0.6) is 0 Å². The molecule has 1 aliphatic rings. The van der Waals surface area contributed by atoms with Gasteiger partial charge in [0.25, 0.3) is 0 Å². The summed E-state index contributed by atoms with van der Waals surface area (Å²) in [6, 6.07) is 4.92. The van der Waals surface area contributed by atoms with Crippen LogP contribution in [-0.2, 0) is 0 Å². The molecule has 16 heavy (non-hydrogen) atoms. The van der Waals surface area contributed by atoms with Crippen molar-refractivity contribution in [3.8, 4) is 0 Å². The van der Waals surface area contributed by atoms with Crippen molar-refractivity contribution < 1.29 is 0 Å². The Bertz CT molecular complexity index is 365. The predicted molar refractivity (Wildman–Crippen MR) is 72.0 cm³/mol. The monoisotopic (exact) mass is 282 g/mol. The maximum Gasteiger partial charge on any atom is 0.129 e. The van der Waals surface area contributed by atoms with Crippen LogP contribution in [0.1, 0.15) is 38.3 Å². The zero-order chi connectivity index (χ0) is 11.5. The molecule has 0 N–H and O–H groups in total. The maximum absolute atomic E-state index is 4.67. The molecule has 1 aromatic heterocycles. The van der Waals surface area contributed by atoms with Crippen molar-refractivity contribution in [2.24, 2.45) is 0 Å². The van der Waals surface area contributed by atoms with Gasteiger partial charge in [-0.15, -0.1) is 0 Å². The minimum Gasteiger partial charge on any atom is -0.354 e. The van der Waals surface area contributed by atoms with Crippen LogP contribution in [-0.4, -0.2) is 17.6 Å². The van der Waals surface area contributed by atoms with Crippen LogP contribution >= 0.6 is 15.9 Å². The number of hydrogen-bond donors (Lipinski definition) is 0. The smallest absolute Gasteiger partial charge is 0.129 e. The Kier molecular flexibility index (Phi) is 3.85. The van der Waals surface area contributed by atoms with E-state index in [-0.39, 0.29) is 0 Å². The summed E-state index contributed by atoms with van der Waals surface area (Å²) in [5.41, 5.74) is 1.08. The lowest BCUT2D eigenvalue weighted by Crippen LogP contribution is -2.39. The van der Waals surface area contributed by atoms with Gasteiger partial charge in [0.1, 0.15) is 5.82 Å². The first-order valence-electron chi connectivity index (χ1n) is 6.12. The van der Waals surface area contributed by atoms with E-state index in [4.69, 9.17) is 0 Å². The number of halogens is 1. The molecule has 2 rings (SSSR count). The van der Waals surface area contributed by atoms with Gasteiger partial charge in [0.05, 0.1) is 5.69 Å². The SMILES string of the molecule is CCC1CCCCN1c1ccc(Br)c(C)n1. The molecule has 1 atom stereocenters. The number of pyridine rings is 1. The summed E-state index contributed by atoms with van der Waals surface area (Å²) in [6.07, 6.45) is 5.20. The molecule has 2 heterocycles. The van der Waals surface area contributed by atoms with Crippen LogP contribution in [0.3, 0.4) is 0 Å². The molecule has 2 nitrogen and oxygen atoms in total. The van der Waals surface area contributed by atoms with E-state index in [0.29, 0.717) is 6.04 Å². The Morgan fingerprint density at radius 2 is 2.25 bits per heavy atom. The highest BCUT2D eigenvalue weighted by molar-refractivity contribution is 9.10. The standard InChI is InChI=1S/C13H19BrN2/c1-3-11-6-4-5-9-16(11)13-8-7-12(14)10(2)15-13/h7-8,11H,3-6,9H2,1-2H3. The molecule has 0 spiro atoms. The Balaban J connectivity index is 2.23. The summed E-state index contributed by atoms with van der Waals surface area (Å²) in [5.74, 6) is 1.15. The van der Waals surface area contributed by atoms with Gasteiger partial charge in [-0.25, -0.2) is 4.98 Å². The largest absolute Gasteiger partial charge is 0.354 e. The molecule has 0 amide bonds. The van der Waals surface area contributed by atoms with E-state index in [9.17, 15) is 0 Å². The third-order valence-electron chi connectivity index (χ3n) is 3.40. The Hall–Kier alpha value is -0.570. The number of hydrogen-bond acceptors (Lipinski definition) is 2. The molecule has 0 radical (unpaired) electrons. The van der Waals surface area contributed by atoms with Gasteiger partial charge in [0, 0.05) is 17.1 Å². The van der Waals surface area contributed by atoms with E-state index in [2.05, 4.69) is 51.8 Å². The van der Waals surface area contributed by atoms with Crippen molar-refractivity contribution in [1.29, 1.82) is 0 Å². The molecular weight excluding hydrogens is 264 g/mol. The Morgan fingerprint density at radius 3 is 2.94 bits per heavy atom. The average molecular weight is 283 g/mol. The lowest BCUT2D eigenvalue weighted by atomic mass is 10.00. The Morgan fingerprint density at radius 1 is 1.44 bits per heavy atom. The summed E-state index contributed by atoms with van der Waals surface area (Å²) in [5, 5.41) is 0. The summed E-state index contributed by atoms with van der Waals surface area (Å²) in [6.45, 7) is 5.49. The van der Waals surface area contributed by atoms with Crippen LogP contribution in [0.25, 0.3) is 0 Å². The lowest BCUT2D eigenvalue weighted by Gasteiger charge is -2.36. The molecule has 1 unspecified atom stereocenters. The third kappa shape index (κ3) is 2.40. The molecule has 1 aliphatic heterocycles. The van der Waals surface area contributed by atoms with Gasteiger partial charge in [-0.05, 0) is 60.7 Å². The molecule has 1 aromatic rings. The van der Waals surface area contributed by atoms with E-state index in [1.54, 1.807) is 0 Å². The third-order valence-corrected chi connectivity index (χ3v) is 4.24. The molecule has 0 saturated carbocycles. The van der Waals surface area contributed by atoms with Crippen LogP contribution in [0.2, 0.25) is 0 Å². The summed E-state index contributed by atoms with van der Waals surface area (Å²) < 4.78 is 1.10. The number of piperidine rings is 1. The highest BCUT2D eigenvalue weighted by Gasteiger charge is 2.21. The number of aromatic nitrogens is 1. The molecule has 0 aliphatic carbocycles. The van der Waals surface area contributed by atoms with E-state index in [1.165, 1.54) is 25.7 Å². The number of anilines is 1. The van der Waals surface area contributed by atoms with Gasteiger partial charge >= 0.3 is 0 Å². The quantitative estimate of drug-likeness (QED) is 0.817. The van der Waals surface area contributed by atoms with E-state index < -0.39 is 0 Å². The van der Waals surface area contributed by atoms with Crippen LogP contribution < -0.4 is 4.90 Å². The number of aryl methyl sites for hydroxylation is 1. The molecule has 0 bridgehead atoms. The van der Waals surface area contributed by atoms with Crippen LogP contribution in [0.15, 0.2) is 16.6 Å². The van der Waals surface area contributed by atoms with Crippen molar-refractivity contribution in [1.82, 2.24) is 4.98 Å². The first-order chi connectivity index (χ1) is 7.72. The fraction of sp³-hybridized carbons (Fsp3) is 0.615. The summed E-state index contributed by atoms with van der Waals surface area (Å²) in [4.78, 5) is 7.15. The second kappa shape index (κ2) is 5.17. The minimum atomic E-state index is 0.682. The van der Waals surface area contributed by atoms with Crippen molar-refractivity contribution in [2.75, 3.05) is 11.4 Å². The van der Waals surface area contributed by atoms with Gasteiger partial charge in [-0.3, -0.25) is 0 Å². The second-order valence-corrected chi connectivity index (χ2v) is 5.34. The molecular formula is C13H19BrN2. The molecule has 0 aromatic carbocycles. The van der Waals surface area contributed by atoms with Crippen molar-refractivity contribution >= 4 is 21.7 Å². The second-order valence-electron chi connectivity index (χ2n) is 4.49. The lowest BCUT2D eigenvalue weighted by molar-refractivity contribution is 0.446. The topological polar surface area (TPSA) is 16.1 Å². The van der Waals surface area contributed by atoms with Gasteiger partial charge in [-0.2, -0.15) is 0 Å². The van der Waals surface area contributed by atoms with Gasteiger partial charge in [-0.1, -0.05) is 6.92 Å². The average Bonchev–Trinajstić information content (AvgIpc) is 2.32. The molecule has 1 saturated heterocycles. The molecule has 1 fully saturated rings. The van der Waals surface area contributed by atoms with Crippen molar-refractivity contribution in [3.63, 3.8) is 0 Å².